The van der Waals surface area contributed by atoms with E-state index in [9.17, 15) is 4.79 Å². The van der Waals surface area contributed by atoms with Gasteiger partial charge in [0.2, 0.25) is 5.91 Å². The molecule has 2 aromatic rings. The fraction of sp³-hybridized carbons (Fsp3) is 0.474. The first-order chi connectivity index (χ1) is 12.3. The molecule has 6 heteroatoms. The number of benzene rings is 1. The Hall–Kier alpha value is -1.76. The first kappa shape index (κ1) is 16.7. The van der Waals surface area contributed by atoms with Crippen LogP contribution in [-0.4, -0.2) is 34.9 Å². The first-order valence-electron chi connectivity index (χ1n) is 9.06. The molecular formula is C19H24N4OS. The largest absolute Gasteiger partial charge is 0.301 e. The third kappa shape index (κ3) is 4.08. The van der Waals surface area contributed by atoms with Crippen LogP contribution >= 0.6 is 11.3 Å². The lowest BCUT2D eigenvalue weighted by molar-refractivity contribution is -0.118. The molecule has 1 aromatic carbocycles. The Labute approximate surface area is 152 Å². The number of hydrogen-bond acceptors (Lipinski definition) is 5. The quantitative estimate of drug-likeness (QED) is 0.884. The molecule has 2 N–H and O–H groups in total. The van der Waals surface area contributed by atoms with Crippen molar-refractivity contribution in [1.29, 1.82) is 0 Å². The molecule has 132 valence electrons. The predicted molar refractivity (Wildman–Crippen MR) is 101 cm³/mol. The minimum atomic E-state index is -0.190. The van der Waals surface area contributed by atoms with Gasteiger partial charge in [-0.05, 0) is 43.5 Å². The highest BCUT2D eigenvalue weighted by Crippen LogP contribution is 2.21. The van der Waals surface area contributed by atoms with E-state index < -0.39 is 0 Å². The van der Waals surface area contributed by atoms with Gasteiger partial charge in [-0.1, -0.05) is 30.7 Å². The number of piperidine rings is 1. The summed E-state index contributed by atoms with van der Waals surface area (Å²) in [6.07, 6.45) is 4.63. The molecule has 0 radical (unpaired) electrons. The fourth-order valence-corrected chi connectivity index (χ4v) is 4.32. The second kappa shape index (κ2) is 7.64. The minimum absolute atomic E-state index is 0.00776. The van der Waals surface area contributed by atoms with E-state index in [1.807, 2.05) is 12.1 Å². The van der Waals surface area contributed by atoms with Crippen LogP contribution in [0.1, 0.15) is 36.1 Å². The zero-order valence-corrected chi connectivity index (χ0v) is 15.1. The smallest absolute Gasteiger partial charge is 0.243 e. The van der Waals surface area contributed by atoms with Gasteiger partial charge in [0.15, 0.2) is 5.13 Å². The van der Waals surface area contributed by atoms with Gasteiger partial charge in [-0.3, -0.25) is 9.69 Å². The van der Waals surface area contributed by atoms with Gasteiger partial charge in [0.25, 0.3) is 0 Å². The van der Waals surface area contributed by atoms with Crippen LogP contribution in [0.15, 0.2) is 29.6 Å². The van der Waals surface area contributed by atoms with Crippen LogP contribution in [0.4, 0.5) is 5.13 Å². The summed E-state index contributed by atoms with van der Waals surface area (Å²) in [6.45, 7) is 3.95. The number of likely N-dealkylation sites (tertiary alicyclic amines) is 1. The summed E-state index contributed by atoms with van der Waals surface area (Å²) >= 11 is 1.52. The standard InChI is InChI=1S/C19H24N4OS/c24-18(17-10-14-6-2-3-7-15(14)11-20-17)22-19-21-16(13-25-19)12-23-8-4-1-5-9-23/h2-3,6-7,13,17,20H,1,4-5,8-12H2,(H,21,22,24). The van der Waals surface area contributed by atoms with Crippen molar-refractivity contribution in [3.8, 4) is 0 Å². The van der Waals surface area contributed by atoms with Crippen LogP contribution < -0.4 is 10.6 Å². The lowest BCUT2D eigenvalue weighted by atomic mass is 9.95. The van der Waals surface area contributed by atoms with Crippen molar-refractivity contribution in [2.24, 2.45) is 0 Å². The summed E-state index contributed by atoms with van der Waals surface area (Å²) in [5, 5.41) is 9.08. The molecule has 0 bridgehead atoms. The van der Waals surface area contributed by atoms with E-state index in [0.29, 0.717) is 5.13 Å². The lowest BCUT2D eigenvalue weighted by Gasteiger charge is -2.25. The van der Waals surface area contributed by atoms with Crippen molar-refractivity contribution >= 4 is 22.4 Å². The zero-order valence-electron chi connectivity index (χ0n) is 14.3. The van der Waals surface area contributed by atoms with Crippen molar-refractivity contribution in [2.45, 2.75) is 44.8 Å². The Balaban J connectivity index is 1.34. The van der Waals surface area contributed by atoms with Crippen LogP contribution in [0.3, 0.4) is 0 Å². The van der Waals surface area contributed by atoms with E-state index in [-0.39, 0.29) is 11.9 Å². The van der Waals surface area contributed by atoms with Gasteiger partial charge in [-0.15, -0.1) is 11.3 Å². The summed E-state index contributed by atoms with van der Waals surface area (Å²) in [5.74, 6) is 0.00776. The van der Waals surface area contributed by atoms with E-state index in [0.717, 1.165) is 38.3 Å². The number of hydrogen-bond donors (Lipinski definition) is 2. The minimum Gasteiger partial charge on any atom is -0.301 e. The normalized spacial score (nSPS) is 20.9. The second-order valence-corrected chi connectivity index (χ2v) is 7.73. The molecule has 1 unspecified atom stereocenters. The average Bonchev–Trinajstić information content (AvgIpc) is 3.09. The Kier molecular flexibility index (Phi) is 5.10. The molecule has 1 fully saturated rings. The Morgan fingerprint density at radius 3 is 2.88 bits per heavy atom. The van der Waals surface area contributed by atoms with Gasteiger partial charge in [0.1, 0.15) is 0 Å². The zero-order chi connectivity index (χ0) is 17.1. The number of rotatable bonds is 4. The third-order valence-electron chi connectivity index (χ3n) is 5.01. The maximum absolute atomic E-state index is 12.6. The molecule has 1 atom stereocenters. The van der Waals surface area contributed by atoms with Gasteiger partial charge in [-0.25, -0.2) is 4.98 Å². The number of carbonyl (C=O) groups is 1. The molecule has 0 saturated carbocycles. The lowest BCUT2D eigenvalue weighted by Crippen LogP contribution is -2.44. The second-order valence-electron chi connectivity index (χ2n) is 6.88. The molecule has 0 spiro atoms. The first-order valence-corrected chi connectivity index (χ1v) is 9.94. The van der Waals surface area contributed by atoms with Gasteiger partial charge in [0.05, 0.1) is 11.7 Å². The Morgan fingerprint density at radius 2 is 2.04 bits per heavy atom. The summed E-state index contributed by atoms with van der Waals surface area (Å²) < 4.78 is 0. The van der Waals surface area contributed by atoms with E-state index >= 15 is 0 Å². The highest BCUT2D eigenvalue weighted by atomic mass is 32.1. The number of nitrogens with zero attached hydrogens (tertiary/aromatic N) is 2. The van der Waals surface area contributed by atoms with Crippen LogP contribution in [0.5, 0.6) is 0 Å². The van der Waals surface area contributed by atoms with Gasteiger partial charge < -0.3 is 10.6 Å². The van der Waals surface area contributed by atoms with Crippen LogP contribution in [0.2, 0.25) is 0 Å². The Morgan fingerprint density at radius 1 is 1.24 bits per heavy atom. The maximum atomic E-state index is 12.6. The molecule has 1 saturated heterocycles. The molecule has 2 aliphatic rings. The number of carbonyl (C=O) groups excluding carboxylic acids is 1. The maximum Gasteiger partial charge on any atom is 0.243 e. The summed E-state index contributed by atoms with van der Waals surface area (Å²) in [7, 11) is 0. The number of aromatic nitrogens is 1. The molecule has 25 heavy (non-hydrogen) atoms. The molecule has 2 aliphatic heterocycles. The molecular weight excluding hydrogens is 332 g/mol. The Bertz CT molecular complexity index is 739. The van der Waals surface area contributed by atoms with Gasteiger partial charge in [-0.2, -0.15) is 0 Å². The highest BCUT2D eigenvalue weighted by Gasteiger charge is 2.24. The molecule has 4 rings (SSSR count). The predicted octanol–water partition coefficient (Wildman–Crippen LogP) is 2.78. The topological polar surface area (TPSA) is 57.3 Å². The summed E-state index contributed by atoms with van der Waals surface area (Å²) in [4.78, 5) is 19.6. The molecule has 5 nitrogen and oxygen atoms in total. The molecule has 3 heterocycles. The van der Waals surface area contributed by atoms with E-state index in [1.54, 1.807) is 0 Å². The van der Waals surface area contributed by atoms with Crippen molar-refractivity contribution in [1.82, 2.24) is 15.2 Å². The van der Waals surface area contributed by atoms with E-state index in [2.05, 4.69) is 38.0 Å². The average molecular weight is 356 g/mol. The molecule has 1 amide bonds. The van der Waals surface area contributed by atoms with Crippen molar-refractivity contribution in [3.63, 3.8) is 0 Å². The van der Waals surface area contributed by atoms with Crippen LogP contribution in [0.25, 0.3) is 0 Å². The molecule has 0 aliphatic carbocycles. The van der Waals surface area contributed by atoms with Crippen molar-refractivity contribution in [3.05, 3.63) is 46.5 Å². The summed E-state index contributed by atoms with van der Waals surface area (Å²) in [6, 6.07) is 8.11. The van der Waals surface area contributed by atoms with Crippen LogP contribution in [0, 0.1) is 0 Å². The molecule has 1 aromatic heterocycles. The fourth-order valence-electron chi connectivity index (χ4n) is 3.62. The van der Waals surface area contributed by atoms with E-state index in [4.69, 9.17) is 0 Å². The van der Waals surface area contributed by atoms with Crippen LogP contribution in [-0.2, 0) is 24.3 Å². The number of fused-ring (bicyclic) bond motifs is 1. The van der Waals surface area contributed by atoms with Crippen molar-refractivity contribution < 1.29 is 4.79 Å². The van der Waals surface area contributed by atoms with Gasteiger partial charge in [0, 0.05) is 18.5 Å². The number of amides is 1. The number of nitrogens with one attached hydrogen (secondary N) is 2. The highest BCUT2D eigenvalue weighted by molar-refractivity contribution is 7.13. The summed E-state index contributed by atoms with van der Waals surface area (Å²) in [5.41, 5.74) is 3.60. The SMILES string of the molecule is O=C(Nc1nc(CN2CCCCC2)cs1)C1Cc2ccccc2CN1. The number of anilines is 1. The van der Waals surface area contributed by atoms with Gasteiger partial charge >= 0.3 is 0 Å². The van der Waals surface area contributed by atoms with Crippen molar-refractivity contribution in [2.75, 3.05) is 18.4 Å². The number of thiazole rings is 1. The van der Waals surface area contributed by atoms with E-state index in [1.165, 1.54) is 41.7 Å². The third-order valence-corrected chi connectivity index (χ3v) is 5.82. The monoisotopic (exact) mass is 356 g/mol.